The minimum absolute atomic E-state index is 0.0782. The van der Waals surface area contributed by atoms with Crippen LogP contribution < -0.4 is 20.7 Å². The van der Waals surface area contributed by atoms with Gasteiger partial charge in [0, 0.05) is 28.7 Å². The number of rotatable bonds is 8. The number of carbonyl (C=O) groups is 2. The van der Waals surface area contributed by atoms with Crippen LogP contribution in [0, 0.1) is 6.92 Å². The fraction of sp³-hybridized carbons (Fsp3) is 0.192. The van der Waals surface area contributed by atoms with Crippen LogP contribution in [0.2, 0.25) is 0 Å². The zero-order chi connectivity index (χ0) is 24.5. The van der Waals surface area contributed by atoms with Crippen molar-refractivity contribution in [1.82, 2.24) is 5.32 Å². The lowest BCUT2D eigenvalue weighted by Crippen LogP contribution is -2.34. The van der Waals surface area contributed by atoms with Crippen LogP contribution >= 0.6 is 28.1 Å². The number of carbonyl (C=O) groups excluding carboxylic acids is 2. The first-order valence-corrected chi connectivity index (χ1v) is 12.0. The molecule has 0 heterocycles. The van der Waals surface area contributed by atoms with E-state index in [1.807, 2.05) is 55.5 Å². The predicted octanol–water partition coefficient (Wildman–Crippen LogP) is 5.85. The van der Waals surface area contributed by atoms with Gasteiger partial charge in [-0.3, -0.25) is 14.9 Å². The van der Waals surface area contributed by atoms with E-state index in [-0.39, 0.29) is 16.9 Å². The molecule has 8 heteroatoms. The molecule has 3 N–H and O–H groups in total. The van der Waals surface area contributed by atoms with Gasteiger partial charge in [-0.25, -0.2) is 0 Å². The van der Waals surface area contributed by atoms with Crippen molar-refractivity contribution < 1.29 is 14.3 Å². The topological polar surface area (TPSA) is 79.5 Å². The Balaban J connectivity index is 1.64. The van der Waals surface area contributed by atoms with Crippen molar-refractivity contribution in [3.05, 3.63) is 87.9 Å². The number of benzene rings is 3. The molecule has 0 unspecified atom stereocenters. The van der Waals surface area contributed by atoms with Gasteiger partial charge in [0.2, 0.25) is 5.91 Å². The standard InChI is InChI=1S/C26H26BrN3O3S/c1-3-24(31)29-22-16-20(11-9-17(22)2)28-26(34)30-25(32)21-15-19(27)10-12-23(21)33-14-13-18-7-5-4-6-8-18/h4-12,15-16H,3,13-14H2,1-2H3,(H,29,31)(H2,28,30,32,34). The zero-order valence-corrected chi connectivity index (χ0v) is 21.4. The molecule has 0 aliphatic carbocycles. The van der Waals surface area contributed by atoms with Gasteiger partial charge in [0.15, 0.2) is 5.11 Å². The Bertz CT molecular complexity index is 1190. The van der Waals surface area contributed by atoms with Gasteiger partial charge < -0.3 is 15.4 Å². The summed E-state index contributed by atoms with van der Waals surface area (Å²) >= 11 is 8.75. The van der Waals surface area contributed by atoms with Crippen molar-refractivity contribution in [2.24, 2.45) is 0 Å². The molecular formula is C26H26BrN3O3S. The van der Waals surface area contributed by atoms with Crippen LogP contribution in [0.3, 0.4) is 0 Å². The molecule has 0 atom stereocenters. The first-order chi connectivity index (χ1) is 16.4. The number of hydrogen-bond acceptors (Lipinski definition) is 4. The van der Waals surface area contributed by atoms with Crippen LogP contribution in [-0.4, -0.2) is 23.5 Å². The second-order valence-corrected chi connectivity index (χ2v) is 8.89. The number of ether oxygens (including phenoxy) is 1. The molecule has 3 aromatic carbocycles. The Morgan fingerprint density at radius 3 is 2.50 bits per heavy atom. The summed E-state index contributed by atoms with van der Waals surface area (Å²) in [4.78, 5) is 24.7. The van der Waals surface area contributed by atoms with E-state index in [4.69, 9.17) is 17.0 Å². The normalized spacial score (nSPS) is 10.3. The number of thiocarbonyl (C=S) groups is 1. The van der Waals surface area contributed by atoms with Crippen LogP contribution in [0.5, 0.6) is 5.75 Å². The van der Waals surface area contributed by atoms with Crippen LogP contribution in [-0.2, 0) is 11.2 Å². The van der Waals surface area contributed by atoms with Crippen molar-refractivity contribution >= 4 is 56.4 Å². The average molecular weight is 540 g/mol. The summed E-state index contributed by atoms with van der Waals surface area (Å²) in [6, 6.07) is 20.7. The highest BCUT2D eigenvalue weighted by atomic mass is 79.9. The number of halogens is 1. The predicted molar refractivity (Wildman–Crippen MR) is 144 cm³/mol. The second-order valence-electron chi connectivity index (χ2n) is 7.56. The molecule has 0 saturated heterocycles. The van der Waals surface area contributed by atoms with E-state index in [0.29, 0.717) is 35.7 Å². The summed E-state index contributed by atoms with van der Waals surface area (Å²) < 4.78 is 6.66. The molecule has 0 aliphatic rings. The van der Waals surface area contributed by atoms with Gasteiger partial charge in [0.05, 0.1) is 12.2 Å². The lowest BCUT2D eigenvalue weighted by Gasteiger charge is -2.15. The van der Waals surface area contributed by atoms with E-state index < -0.39 is 0 Å². The van der Waals surface area contributed by atoms with Gasteiger partial charge in [-0.15, -0.1) is 0 Å². The maximum absolute atomic E-state index is 13.0. The van der Waals surface area contributed by atoms with E-state index >= 15 is 0 Å². The third-order valence-electron chi connectivity index (χ3n) is 5.00. The maximum Gasteiger partial charge on any atom is 0.261 e. The summed E-state index contributed by atoms with van der Waals surface area (Å²) in [7, 11) is 0. The molecule has 6 nitrogen and oxygen atoms in total. The smallest absolute Gasteiger partial charge is 0.261 e. The van der Waals surface area contributed by atoms with E-state index in [9.17, 15) is 9.59 Å². The molecule has 0 aromatic heterocycles. The fourth-order valence-corrected chi connectivity index (χ4v) is 3.71. The summed E-state index contributed by atoms with van der Waals surface area (Å²) in [5.41, 5.74) is 3.78. The molecule has 0 fully saturated rings. The number of aryl methyl sites for hydroxylation is 1. The lowest BCUT2D eigenvalue weighted by atomic mass is 10.1. The van der Waals surface area contributed by atoms with Crippen molar-refractivity contribution in [3.8, 4) is 5.75 Å². The quantitative estimate of drug-likeness (QED) is 0.312. The summed E-state index contributed by atoms with van der Waals surface area (Å²) in [6.07, 6.45) is 1.11. The van der Waals surface area contributed by atoms with Gasteiger partial charge in [-0.2, -0.15) is 0 Å². The molecule has 0 aliphatic heterocycles. The Morgan fingerprint density at radius 1 is 1.00 bits per heavy atom. The molecule has 0 radical (unpaired) electrons. The Morgan fingerprint density at radius 2 is 1.76 bits per heavy atom. The number of anilines is 2. The van der Waals surface area contributed by atoms with Gasteiger partial charge in [-0.1, -0.05) is 59.3 Å². The highest BCUT2D eigenvalue weighted by Crippen LogP contribution is 2.24. The molecule has 3 rings (SSSR count). The van der Waals surface area contributed by atoms with Gasteiger partial charge >= 0.3 is 0 Å². The van der Waals surface area contributed by atoms with E-state index in [2.05, 4.69) is 31.9 Å². The number of nitrogens with one attached hydrogen (secondary N) is 3. The van der Waals surface area contributed by atoms with Crippen LogP contribution in [0.15, 0.2) is 71.2 Å². The summed E-state index contributed by atoms with van der Waals surface area (Å²) in [5, 5.41) is 8.69. The summed E-state index contributed by atoms with van der Waals surface area (Å²) in [5.74, 6) is 0.00467. The maximum atomic E-state index is 13.0. The monoisotopic (exact) mass is 539 g/mol. The Kier molecular flexibility index (Phi) is 9.18. The molecule has 3 aromatic rings. The van der Waals surface area contributed by atoms with Gasteiger partial charge in [0.25, 0.3) is 5.91 Å². The minimum atomic E-state index is -0.389. The van der Waals surface area contributed by atoms with Crippen molar-refractivity contribution in [3.63, 3.8) is 0 Å². The number of amides is 2. The van der Waals surface area contributed by atoms with Crippen LogP contribution in [0.25, 0.3) is 0 Å². The van der Waals surface area contributed by atoms with Crippen molar-refractivity contribution in [2.75, 3.05) is 17.2 Å². The largest absolute Gasteiger partial charge is 0.492 e. The molecule has 0 bridgehead atoms. The van der Waals surface area contributed by atoms with Crippen LogP contribution in [0.4, 0.5) is 11.4 Å². The highest BCUT2D eigenvalue weighted by molar-refractivity contribution is 9.10. The summed E-state index contributed by atoms with van der Waals surface area (Å²) in [6.45, 7) is 4.13. The average Bonchev–Trinajstić information content (AvgIpc) is 2.82. The van der Waals surface area contributed by atoms with Crippen molar-refractivity contribution in [2.45, 2.75) is 26.7 Å². The van der Waals surface area contributed by atoms with Crippen molar-refractivity contribution in [1.29, 1.82) is 0 Å². The molecule has 2 amide bonds. The third kappa shape index (κ3) is 7.40. The van der Waals surface area contributed by atoms with Crippen LogP contribution in [0.1, 0.15) is 34.8 Å². The Labute approximate surface area is 213 Å². The highest BCUT2D eigenvalue weighted by Gasteiger charge is 2.15. The first-order valence-electron chi connectivity index (χ1n) is 10.8. The van der Waals surface area contributed by atoms with Gasteiger partial charge in [0.1, 0.15) is 5.75 Å². The molecule has 34 heavy (non-hydrogen) atoms. The molecule has 0 saturated carbocycles. The fourth-order valence-electron chi connectivity index (χ4n) is 3.13. The van der Waals surface area contributed by atoms with E-state index in [0.717, 1.165) is 22.0 Å². The third-order valence-corrected chi connectivity index (χ3v) is 5.69. The molecule has 0 spiro atoms. The Hall–Kier alpha value is -3.23. The molecule has 176 valence electrons. The second kappa shape index (κ2) is 12.3. The minimum Gasteiger partial charge on any atom is -0.492 e. The van der Waals surface area contributed by atoms with E-state index in [1.165, 1.54) is 0 Å². The van der Waals surface area contributed by atoms with Gasteiger partial charge in [-0.05, 0) is 60.6 Å². The SMILES string of the molecule is CCC(=O)Nc1cc(NC(=S)NC(=O)c2cc(Br)ccc2OCCc2ccccc2)ccc1C. The first kappa shape index (κ1) is 25.4. The molecular weight excluding hydrogens is 514 g/mol. The number of hydrogen-bond donors (Lipinski definition) is 3. The zero-order valence-electron chi connectivity index (χ0n) is 19.0. The lowest BCUT2D eigenvalue weighted by molar-refractivity contribution is -0.115. The van der Waals surface area contributed by atoms with E-state index in [1.54, 1.807) is 25.1 Å².